The Morgan fingerprint density at radius 3 is 1.93 bits per heavy atom. The van der Waals surface area contributed by atoms with Gasteiger partial charge in [0.15, 0.2) is 0 Å². The minimum Gasteiger partial charge on any atom is -0.193 e. The third kappa shape index (κ3) is 12.7. The van der Waals surface area contributed by atoms with Crippen LogP contribution in [0, 0.1) is 11.3 Å². The van der Waals surface area contributed by atoms with Gasteiger partial charge in [0.1, 0.15) is 0 Å². The lowest BCUT2D eigenvalue weighted by atomic mass is 10.2. The number of nitriles is 1. The van der Waals surface area contributed by atoms with Crippen molar-refractivity contribution >= 4 is 0 Å². The Kier molecular flexibility index (Phi) is 11.6. The average Bonchev–Trinajstić information content (AvgIpc) is 2.26. The Morgan fingerprint density at radius 1 is 0.867 bits per heavy atom. The van der Waals surface area contributed by atoms with Crippen molar-refractivity contribution in [1.82, 2.24) is 0 Å². The Bertz CT molecular complexity index is 241. The topological polar surface area (TPSA) is 23.8 Å². The molecular formula is C14H21N. The quantitative estimate of drug-likeness (QED) is 0.323. The maximum absolute atomic E-state index is 8.25. The van der Waals surface area contributed by atoms with Crippen LogP contribution in [0.15, 0.2) is 36.5 Å². The molecule has 0 N–H and O–H groups in total. The van der Waals surface area contributed by atoms with Crippen molar-refractivity contribution in [3.63, 3.8) is 0 Å². The predicted octanol–water partition coefficient (Wildman–Crippen LogP) is 4.54. The second kappa shape index (κ2) is 12.7. The van der Waals surface area contributed by atoms with Crippen molar-refractivity contribution < 1.29 is 0 Å². The van der Waals surface area contributed by atoms with E-state index < -0.39 is 0 Å². The van der Waals surface area contributed by atoms with E-state index in [4.69, 9.17) is 5.26 Å². The maximum atomic E-state index is 8.25. The van der Waals surface area contributed by atoms with E-state index in [0.29, 0.717) is 0 Å². The molecule has 0 heterocycles. The molecule has 0 saturated carbocycles. The van der Waals surface area contributed by atoms with E-state index in [2.05, 4.69) is 31.2 Å². The van der Waals surface area contributed by atoms with Gasteiger partial charge in [0.25, 0.3) is 0 Å². The predicted molar refractivity (Wildman–Crippen MR) is 66.4 cm³/mol. The van der Waals surface area contributed by atoms with Gasteiger partial charge < -0.3 is 0 Å². The number of hydrogen-bond donors (Lipinski definition) is 0. The minimum atomic E-state index is 1.01. The summed E-state index contributed by atoms with van der Waals surface area (Å²) >= 11 is 0. The first-order chi connectivity index (χ1) is 7.41. The first-order valence-electron chi connectivity index (χ1n) is 5.72. The number of hydrogen-bond acceptors (Lipinski definition) is 1. The zero-order valence-corrected chi connectivity index (χ0v) is 9.65. The van der Waals surface area contributed by atoms with Crippen LogP contribution < -0.4 is 0 Å². The van der Waals surface area contributed by atoms with E-state index >= 15 is 0 Å². The fourth-order valence-corrected chi connectivity index (χ4v) is 1.25. The molecule has 15 heavy (non-hydrogen) atoms. The Morgan fingerprint density at radius 2 is 1.40 bits per heavy atom. The standard InChI is InChI=1S/C14H21N/c1-2-3-4-5-6-7-8-9-10-11-12-13-14-15/h2-3,7-8,12-13H,4-6,9-11H2,1H3/b3-2+,8-7+,13-12+. The summed E-state index contributed by atoms with van der Waals surface area (Å²) in [5.74, 6) is 0. The van der Waals surface area contributed by atoms with E-state index in [-0.39, 0.29) is 0 Å². The summed E-state index contributed by atoms with van der Waals surface area (Å²) in [6.07, 6.45) is 19.2. The van der Waals surface area contributed by atoms with Crippen LogP contribution in [0.5, 0.6) is 0 Å². The van der Waals surface area contributed by atoms with Gasteiger partial charge in [-0.25, -0.2) is 0 Å². The first-order valence-corrected chi connectivity index (χ1v) is 5.72. The Labute approximate surface area is 93.8 Å². The zero-order valence-electron chi connectivity index (χ0n) is 9.65. The molecule has 0 unspecified atom stereocenters. The van der Waals surface area contributed by atoms with Gasteiger partial charge in [-0.05, 0) is 45.4 Å². The molecule has 0 aliphatic carbocycles. The second-order valence-electron chi connectivity index (χ2n) is 3.43. The number of rotatable bonds is 8. The van der Waals surface area contributed by atoms with Gasteiger partial charge in [-0.2, -0.15) is 5.26 Å². The number of allylic oxidation sites excluding steroid dienone is 6. The Hall–Kier alpha value is -1.29. The SMILES string of the molecule is C/C=C/CCC/C=C/CCC/C=C/C#N. The van der Waals surface area contributed by atoms with Crippen LogP contribution in [-0.4, -0.2) is 0 Å². The lowest BCUT2D eigenvalue weighted by Crippen LogP contribution is -1.71. The van der Waals surface area contributed by atoms with E-state index in [9.17, 15) is 0 Å². The molecular weight excluding hydrogens is 182 g/mol. The molecule has 0 aliphatic heterocycles. The van der Waals surface area contributed by atoms with Crippen LogP contribution in [0.1, 0.15) is 45.4 Å². The van der Waals surface area contributed by atoms with Crippen molar-refractivity contribution in [2.24, 2.45) is 0 Å². The molecule has 0 aliphatic rings. The highest BCUT2D eigenvalue weighted by Crippen LogP contribution is 2.01. The summed E-state index contributed by atoms with van der Waals surface area (Å²) in [4.78, 5) is 0. The molecule has 0 aromatic rings. The first kappa shape index (κ1) is 13.7. The lowest BCUT2D eigenvalue weighted by Gasteiger charge is -1.91. The van der Waals surface area contributed by atoms with Gasteiger partial charge in [-0.1, -0.05) is 30.4 Å². The molecule has 82 valence electrons. The highest BCUT2D eigenvalue weighted by molar-refractivity contribution is 5.01. The highest BCUT2D eigenvalue weighted by Gasteiger charge is 1.82. The van der Waals surface area contributed by atoms with E-state index in [1.165, 1.54) is 19.3 Å². The van der Waals surface area contributed by atoms with Crippen molar-refractivity contribution in [2.45, 2.75) is 45.4 Å². The number of nitrogens with zero attached hydrogens (tertiary/aromatic N) is 1. The van der Waals surface area contributed by atoms with Crippen LogP contribution in [0.3, 0.4) is 0 Å². The average molecular weight is 203 g/mol. The van der Waals surface area contributed by atoms with Gasteiger partial charge in [0.2, 0.25) is 0 Å². The zero-order chi connectivity index (χ0) is 11.2. The summed E-state index contributed by atoms with van der Waals surface area (Å²) in [5.41, 5.74) is 0. The third-order valence-electron chi connectivity index (χ3n) is 2.08. The summed E-state index contributed by atoms with van der Waals surface area (Å²) < 4.78 is 0. The van der Waals surface area contributed by atoms with Crippen LogP contribution in [0.4, 0.5) is 0 Å². The fraction of sp³-hybridized carbons (Fsp3) is 0.500. The van der Waals surface area contributed by atoms with Gasteiger partial charge in [-0.3, -0.25) is 0 Å². The number of unbranched alkanes of at least 4 members (excludes halogenated alkanes) is 4. The van der Waals surface area contributed by atoms with Gasteiger partial charge >= 0.3 is 0 Å². The monoisotopic (exact) mass is 203 g/mol. The summed E-state index contributed by atoms with van der Waals surface area (Å²) in [5, 5.41) is 8.25. The molecule has 0 spiro atoms. The molecule has 0 radical (unpaired) electrons. The van der Waals surface area contributed by atoms with Gasteiger partial charge in [0, 0.05) is 6.08 Å². The Balaban J connectivity index is 3.18. The van der Waals surface area contributed by atoms with Gasteiger partial charge in [0.05, 0.1) is 6.07 Å². The molecule has 0 aromatic carbocycles. The summed E-state index contributed by atoms with van der Waals surface area (Å²) in [6.45, 7) is 2.06. The fourth-order valence-electron chi connectivity index (χ4n) is 1.25. The van der Waals surface area contributed by atoms with E-state index in [0.717, 1.165) is 19.3 Å². The van der Waals surface area contributed by atoms with Crippen molar-refractivity contribution in [3.8, 4) is 6.07 Å². The van der Waals surface area contributed by atoms with Crippen LogP contribution in [0.25, 0.3) is 0 Å². The molecule has 0 bridgehead atoms. The minimum absolute atomic E-state index is 1.01. The molecule has 0 saturated heterocycles. The van der Waals surface area contributed by atoms with Crippen molar-refractivity contribution in [1.29, 1.82) is 5.26 Å². The van der Waals surface area contributed by atoms with Crippen LogP contribution >= 0.6 is 0 Å². The van der Waals surface area contributed by atoms with Crippen molar-refractivity contribution in [2.75, 3.05) is 0 Å². The van der Waals surface area contributed by atoms with Crippen LogP contribution in [-0.2, 0) is 0 Å². The second-order valence-corrected chi connectivity index (χ2v) is 3.43. The molecule has 0 atom stereocenters. The smallest absolute Gasteiger partial charge is 0.0908 e. The maximum Gasteiger partial charge on any atom is 0.0908 e. The molecule has 0 aromatic heterocycles. The lowest BCUT2D eigenvalue weighted by molar-refractivity contribution is 0.840. The van der Waals surface area contributed by atoms with Gasteiger partial charge in [-0.15, -0.1) is 0 Å². The summed E-state index contributed by atoms with van der Waals surface area (Å²) in [6, 6.07) is 1.99. The molecule has 1 nitrogen and oxygen atoms in total. The molecule has 0 fully saturated rings. The molecule has 0 rings (SSSR count). The van der Waals surface area contributed by atoms with Crippen molar-refractivity contribution in [3.05, 3.63) is 36.5 Å². The highest BCUT2D eigenvalue weighted by atomic mass is 14.2. The third-order valence-corrected chi connectivity index (χ3v) is 2.08. The normalized spacial score (nSPS) is 11.7. The van der Waals surface area contributed by atoms with E-state index in [1.54, 1.807) is 6.08 Å². The van der Waals surface area contributed by atoms with Crippen LogP contribution in [0.2, 0.25) is 0 Å². The summed E-state index contributed by atoms with van der Waals surface area (Å²) in [7, 11) is 0. The molecule has 0 amide bonds. The molecule has 1 heteroatoms. The van der Waals surface area contributed by atoms with E-state index in [1.807, 2.05) is 12.1 Å². The largest absolute Gasteiger partial charge is 0.193 e.